The van der Waals surface area contributed by atoms with Gasteiger partial charge in [0.05, 0.1) is 0 Å². The van der Waals surface area contributed by atoms with E-state index in [1.807, 2.05) is 30.3 Å². The van der Waals surface area contributed by atoms with Crippen LogP contribution in [0.15, 0.2) is 72.0 Å². The topological polar surface area (TPSA) is 26.3 Å². The monoisotopic (exact) mass is 280 g/mol. The van der Waals surface area contributed by atoms with Crippen molar-refractivity contribution in [2.45, 2.75) is 6.42 Å². The molecule has 21 heavy (non-hydrogen) atoms. The zero-order chi connectivity index (χ0) is 14.7. The van der Waals surface area contributed by atoms with Crippen LogP contribution in [0.4, 0.5) is 4.39 Å². The van der Waals surface area contributed by atoms with Crippen molar-refractivity contribution in [1.29, 1.82) is 0 Å². The van der Waals surface area contributed by atoms with Gasteiger partial charge in [0.15, 0.2) is 0 Å². The molecule has 0 atom stereocenters. The van der Waals surface area contributed by atoms with Crippen LogP contribution in [0, 0.1) is 5.82 Å². The Labute approximate surface area is 122 Å². The molecular formula is C18H13FO2. The van der Waals surface area contributed by atoms with Crippen molar-refractivity contribution in [3.8, 4) is 0 Å². The summed E-state index contributed by atoms with van der Waals surface area (Å²) in [6.07, 6.45) is 3.99. The van der Waals surface area contributed by atoms with Crippen LogP contribution in [-0.2, 0) is 16.0 Å². The summed E-state index contributed by atoms with van der Waals surface area (Å²) in [5, 5.41) is 0. The lowest BCUT2D eigenvalue weighted by Gasteiger charge is -1.99. The number of carbonyl (C=O) groups is 1. The number of rotatable bonds is 3. The number of cyclic esters (lactones) is 1. The highest BCUT2D eigenvalue weighted by Gasteiger charge is 2.21. The average Bonchev–Trinajstić information content (AvgIpc) is 2.82. The number of esters is 1. The molecule has 0 radical (unpaired) electrons. The van der Waals surface area contributed by atoms with Crippen LogP contribution in [0.1, 0.15) is 11.1 Å². The Hall–Kier alpha value is -2.68. The average molecular weight is 280 g/mol. The minimum absolute atomic E-state index is 0.291. The maximum Gasteiger partial charge on any atom is 0.339 e. The molecule has 0 unspecified atom stereocenters. The number of allylic oxidation sites excluding steroid dienone is 1. The van der Waals surface area contributed by atoms with Crippen molar-refractivity contribution >= 4 is 12.0 Å². The Kier molecular flexibility index (Phi) is 3.65. The molecule has 0 amide bonds. The fourth-order valence-corrected chi connectivity index (χ4v) is 2.17. The lowest BCUT2D eigenvalue weighted by molar-refractivity contribution is -0.133. The Morgan fingerprint density at radius 1 is 1.00 bits per heavy atom. The molecule has 0 aromatic heterocycles. The van der Waals surface area contributed by atoms with Crippen LogP contribution in [0.3, 0.4) is 0 Å². The summed E-state index contributed by atoms with van der Waals surface area (Å²) in [5.41, 5.74) is 2.47. The fourth-order valence-electron chi connectivity index (χ4n) is 2.17. The number of benzene rings is 2. The Morgan fingerprint density at radius 3 is 2.43 bits per heavy atom. The molecule has 0 N–H and O–H groups in total. The van der Waals surface area contributed by atoms with E-state index >= 15 is 0 Å². The smallest absolute Gasteiger partial charge is 0.339 e. The van der Waals surface area contributed by atoms with E-state index in [9.17, 15) is 9.18 Å². The van der Waals surface area contributed by atoms with Gasteiger partial charge in [-0.15, -0.1) is 0 Å². The summed E-state index contributed by atoms with van der Waals surface area (Å²) in [5.74, 6) is -0.134. The van der Waals surface area contributed by atoms with Crippen LogP contribution in [0.5, 0.6) is 0 Å². The molecule has 104 valence electrons. The first-order valence-corrected chi connectivity index (χ1v) is 6.65. The molecule has 2 aromatic rings. The standard InChI is InChI=1S/C18H13FO2/c19-16-8-6-14(7-9-16)11-17-12-15(18(20)21-17)10-13-4-2-1-3-5-13/h1-9,11-12H,10H2/b17-11-. The van der Waals surface area contributed by atoms with Crippen molar-refractivity contribution in [1.82, 2.24) is 0 Å². The highest BCUT2D eigenvalue weighted by atomic mass is 19.1. The highest BCUT2D eigenvalue weighted by molar-refractivity contribution is 5.94. The molecule has 1 heterocycles. The maximum atomic E-state index is 12.8. The number of carbonyl (C=O) groups excluding carboxylic acids is 1. The van der Waals surface area contributed by atoms with E-state index in [-0.39, 0.29) is 11.8 Å². The summed E-state index contributed by atoms with van der Waals surface area (Å²) < 4.78 is 18.1. The highest BCUT2D eigenvalue weighted by Crippen LogP contribution is 2.22. The number of ether oxygens (including phenoxy) is 1. The number of halogens is 1. The second-order valence-electron chi connectivity index (χ2n) is 4.82. The third kappa shape index (κ3) is 3.26. The number of hydrogen-bond donors (Lipinski definition) is 0. The first-order valence-electron chi connectivity index (χ1n) is 6.65. The SMILES string of the molecule is O=C1O/C(=C\c2ccc(F)cc2)C=C1Cc1ccccc1. The lowest BCUT2D eigenvalue weighted by Crippen LogP contribution is -2.01. The van der Waals surface area contributed by atoms with Gasteiger partial charge in [-0.1, -0.05) is 42.5 Å². The molecule has 2 aromatic carbocycles. The molecule has 1 aliphatic heterocycles. The summed E-state index contributed by atoms with van der Waals surface area (Å²) in [6, 6.07) is 15.8. The molecular weight excluding hydrogens is 267 g/mol. The van der Waals surface area contributed by atoms with E-state index in [1.54, 1.807) is 24.3 Å². The van der Waals surface area contributed by atoms with E-state index in [4.69, 9.17) is 4.74 Å². The first-order chi connectivity index (χ1) is 10.2. The van der Waals surface area contributed by atoms with Crippen molar-refractivity contribution in [2.24, 2.45) is 0 Å². The zero-order valence-electron chi connectivity index (χ0n) is 11.3. The second kappa shape index (κ2) is 5.75. The predicted molar refractivity (Wildman–Crippen MR) is 78.7 cm³/mol. The van der Waals surface area contributed by atoms with Gasteiger partial charge in [-0.3, -0.25) is 0 Å². The van der Waals surface area contributed by atoms with Crippen LogP contribution in [0.25, 0.3) is 6.08 Å². The van der Waals surface area contributed by atoms with Crippen LogP contribution in [0.2, 0.25) is 0 Å². The molecule has 3 heteroatoms. The molecule has 2 nitrogen and oxygen atoms in total. The molecule has 0 bridgehead atoms. The van der Waals surface area contributed by atoms with E-state index in [0.29, 0.717) is 17.8 Å². The van der Waals surface area contributed by atoms with E-state index in [0.717, 1.165) is 11.1 Å². The minimum atomic E-state index is -0.327. The Balaban J connectivity index is 1.80. The van der Waals surface area contributed by atoms with Gasteiger partial charge in [0.25, 0.3) is 0 Å². The second-order valence-corrected chi connectivity index (χ2v) is 4.82. The molecule has 1 aliphatic rings. The van der Waals surface area contributed by atoms with E-state index in [2.05, 4.69) is 0 Å². The zero-order valence-corrected chi connectivity index (χ0v) is 11.3. The summed E-state index contributed by atoms with van der Waals surface area (Å²) in [6.45, 7) is 0. The normalized spacial score (nSPS) is 16.0. The Morgan fingerprint density at radius 2 is 1.71 bits per heavy atom. The van der Waals surface area contributed by atoms with Gasteiger partial charge in [0.2, 0.25) is 0 Å². The largest absolute Gasteiger partial charge is 0.423 e. The number of hydrogen-bond acceptors (Lipinski definition) is 2. The van der Waals surface area contributed by atoms with Crippen molar-refractivity contribution in [3.63, 3.8) is 0 Å². The minimum Gasteiger partial charge on any atom is -0.423 e. The Bertz CT molecular complexity index is 713. The quantitative estimate of drug-likeness (QED) is 0.797. The molecule has 0 aliphatic carbocycles. The van der Waals surface area contributed by atoms with Crippen LogP contribution >= 0.6 is 0 Å². The van der Waals surface area contributed by atoms with Crippen LogP contribution in [-0.4, -0.2) is 5.97 Å². The maximum absolute atomic E-state index is 12.8. The van der Waals surface area contributed by atoms with Crippen molar-refractivity contribution in [2.75, 3.05) is 0 Å². The lowest BCUT2D eigenvalue weighted by atomic mass is 10.1. The molecule has 0 spiro atoms. The fraction of sp³-hybridized carbons (Fsp3) is 0.0556. The third-order valence-corrected chi connectivity index (χ3v) is 3.21. The van der Waals surface area contributed by atoms with Gasteiger partial charge in [0, 0.05) is 12.0 Å². The summed E-state index contributed by atoms with van der Waals surface area (Å²) >= 11 is 0. The molecule has 0 saturated carbocycles. The molecule has 0 saturated heterocycles. The van der Waals surface area contributed by atoms with Gasteiger partial charge < -0.3 is 4.74 Å². The molecule has 0 fully saturated rings. The van der Waals surface area contributed by atoms with Crippen molar-refractivity contribution in [3.05, 3.63) is 88.9 Å². The van der Waals surface area contributed by atoms with Gasteiger partial charge in [0.1, 0.15) is 11.6 Å². The first kappa shape index (κ1) is 13.3. The van der Waals surface area contributed by atoms with Crippen molar-refractivity contribution < 1.29 is 13.9 Å². The van der Waals surface area contributed by atoms with Gasteiger partial charge in [-0.05, 0) is 35.4 Å². The predicted octanol–water partition coefficient (Wildman–Crippen LogP) is 3.89. The van der Waals surface area contributed by atoms with E-state index < -0.39 is 0 Å². The van der Waals surface area contributed by atoms with Crippen LogP contribution < -0.4 is 0 Å². The summed E-state index contributed by atoms with van der Waals surface area (Å²) in [7, 11) is 0. The van der Waals surface area contributed by atoms with Gasteiger partial charge >= 0.3 is 5.97 Å². The molecule has 3 rings (SSSR count). The summed E-state index contributed by atoms with van der Waals surface area (Å²) in [4.78, 5) is 11.8. The van der Waals surface area contributed by atoms with Gasteiger partial charge in [-0.25, -0.2) is 9.18 Å². The van der Waals surface area contributed by atoms with Gasteiger partial charge in [-0.2, -0.15) is 0 Å². The van der Waals surface area contributed by atoms with E-state index in [1.165, 1.54) is 12.1 Å². The third-order valence-electron chi connectivity index (χ3n) is 3.21.